The summed E-state index contributed by atoms with van der Waals surface area (Å²) < 4.78 is 31.7. The summed E-state index contributed by atoms with van der Waals surface area (Å²) in [6.07, 6.45) is 1.93. The van der Waals surface area contributed by atoms with Gasteiger partial charge in [0.25, 0.3) is 5.91 Å². The second-order valence-electron chi connectivity index (χ2n) is 5.61. The summed E-state index contributed by atoms with van der Waals surface area (Å²) in [7, 11) is 0. The molecule has 2 aromatic rings. The fraction of sp³-hybridized carbons (Fsp3) is 0.375. The molecule has 1 amide bonds. The Hall–Kier alpha value is -1.99. The van der Waals surface area contributed by atoms with E-state index in [-0.39, 0.29) is 36.0 Å². The molecule has 0 radical (unpaired) electrons. The third-order valence-corrected chi connectivity index (χ3v) is 4.13. The van der Waals surface area contributed by atoms with Gasteiger partial charge in [0.1, 0.15) is 5.76 Å². The lowest BCUT2D eigenvalue weighted by Gasteiger charge is -2.33. The van der Waals surface area contributed by atoms with Crippen LogP contribution in [-0.4, -0.2) is 30.0 Å². The molecule has 1 fully saturated rings. The zero-order chi connectivity index (χ0) is 16.4. The zero-order valence-corrected chi connectivity index (χ0v) is 13.8. The number of carbonyl (C=O) groups excluding carboxylic acids is 1. The highest BCUT2D eigenvalue weighted by Crippen LogP contribution is 2.27. The highest BCUT2D eigenvalue weighted by Gasteiger charge is 2.29. The fourth-order valence-electron chi connectivity index (χ4n) is 2.91. The highest BCUT2D eigenvalue weighted by atomic mass is 35.5. The van der Waals surface area contributed by atoms with Crippen LogP contribution in [0.25, 0.3) is 0 Å². The van der Waals surface area contributed by atoms with Crippen molar-refractivity contribution in [1.82, 2.24) is 15.6 Å². The molecule has 2 heterocycles. The van der Waals surface area contributed by atoms with Gasteiger partial charge in [0.05, 0.1) is 0 Å². The average Bonchev–Trinajstić information content (AvgIpc) is 2.97. The van der Waals surface area contributed by atoms with E-state index >= 15 is 0 Å². The number of carbonyl (C=O) groups is 1. The van der Waals surface area contributed by atoms with Crippen LogP contribution in [0.2, 0.25) is 0 Å². The molecule has 0 bridgehead atoms. The second-order valence-corrected chi connectivity index (χ2v) is 5.61. The van der Waals surface area contributed by atoms with E-state index in [9.17, 15) is 13.6 Å². The number of hydrogen-bond acceptors (Lipinski definition) is 4. The van der Waals surface area contributed by atoms with Gasteiger partial charge in [-0.2, -0.15) is 0 Å². The number of halogens is 3. The van der Waals surface area contributed by atoms with E-state index in [1.54, 1.807) is 13.0 Å². The van der Waals surface area contributed by atoms with E-state index in [0.29, 0.717) is 24.3 Å². The number of aromatic nitrogens is 1. The molecule has 0 aliphatic carbocycles. The van der Waals surface area contributed by atoms with Crippen LogP contribution in [0, 0.1) is 18.6 Å². The molecule has 5 nitrogen and oxygen atoms in total. The first-order chi connectivity index (χ1) is 11.1. The van der Waals surface area contributed by atoms with Gasteiger partial charge in [-0.05, 0) is 37.6 Å². The van der Waals surface area contributed by atoms with Gasteiger partial charge in [-0.1, -0.05) is 6.07 Å². The standard InChI is InChI=1S/C16H17F2N3O2.ClH/c1-9-15(20-8-23-9)16(22)21-14-7-19-5-4-11(14)10-2-3-12(17)13(18)6-10;/h2-3,6,8,11,14,19H,4-5,7H2,1H3,(H,21,22);1H. The van der Waals surface area contributed by atoms with E-state index in [4.69, 9.17) is 4.42 Å². The molecule has 2 atom stereocenters. The molecule has 1 saturated heterocycles. The smallest absolute Gasteiger partial charge is 0.273 e. The molecule has 1 aliphatic heterocycles. The van der Waals surface area contributed by atoms with E-state index < -0.39 is 11.6 Å². The van der Waals surface area contributed by atoms with Crippen molar-refractivity contribution < 1.29 is 18.0 Å². The maximum Gasteiger partial charge on any atom is 0.273 e. The minimum Gasteiger partial charge on any atom is -0.448 e. The number of nitrogens with zero attached hydrogens (tertiary/aromatic N) is 1. The van der Waals surface area contributed by atoms with Crippen LogP contribution in [-0.2, 0) is 0 Å². The quantitative estimate of drug-likeness (QED) is 0.886. The van der Waals surface area contributed by atoms with Crippen LogP contribution >= 0.6 is 12.4 Å². The maximum absolute atomic E-state index is 13.5. The number of amides is 1. The van der Waals surface area contributed by atoms with Crippen LogP contribution in [0.3, 0.4) is 0 Å². The molecule has 0 spiro atoms. The van der Waals surface area contributed by atoms with Crippen molar-refractivity contribution in [3.05, 3.63) is 53.2 Å². The number of rotatable bonds is 3. The number of oxazole rings is 1. The van der Waals surface area contributed by atoms with E-state index in [1.165, 1.54) is 12.5 Å². The number of aryl methyl sites for hydroxylation is 1. The predicted molar refractivity (Wildman–Crippen MR) is 86.3 cm³/mol. The van der Waals surface area contributed by atoms with Crippen molar-refractivity contribution in [1.29, 1.82) is 0 Å². The molecule has 130 valence electrons. The molecule has 1 aromatic heterocycles. The van der Waals surface area contributed by atoms with Crippen molar-refractivity contribution >= 4 is 18.3 Å². The summed E-state index contributed by atoms with van der Waals surface area (Å²) in [4.78, 5) is 16.2. The summed E-state index contributed by atoms with van der Waals surface area (Å²) in [5, 5.41) is 6.10. The zero-order valence-electron chi connectivity index (χ0n) is 13.0. The van der Waals surface area contributed by atoms with Gasteiger partial charge in [-0.25, -0.2) is 13.8 Å². The monoisotopic (exact) mass is 357 g/mol. The molecular formula is C16H18ClF2N3O2. The maximum atomic E-state index is 13.5. The Morgan fingerprint density at radius 2 is 2.17 bits per heavy atom. The largest absolute Gasteiger partial charge is 0.448 e. The number of benzene rings is 1. The summed E-state index contributed by atoms with van der Waals surface area (Å²) in [5.41, 5.74) is 0.909. The van der Waals surface area contributed by atoms with Gasteiger partial charge in [0, 0.05) is 18.5 Å². The fourth-order valence-corrected chi connectivity index (χ4v) is 2.91. The van der Waals surface area contributed by atoms with Crippen LogP contribution in [0.1, 0.15) is 34.2 Å². The Kier molecular flexibility index (Phi) is 5.90. The first kappa shape index (κ1) is 18.4. The Bertz CT molecular complexity index is 723. The SMILES string of the molecule is Cc1ocnc1C(=O)NC1CNCCC1c1ccc(F)c(F)c1.Cl. The van der Waals surface area contributed by atoms with Gasteiger partial charge in [-0.15, -0.1) is 12.4 Å². The highest BCUT2D eigenvalue weighted by molar-refractivity contribution is 5.93. The number of piperidine rings is 1. The van der Waals surface area contributed by atoms with Crippen LogP contribution < -0.4 is 10.6 Å². The molecule has 2 N–H and O–H groups in total. The van der Waals surface area contributed by atoms with Crippen LogP contribution in [0.15, 0.2) is 29.0 Å². The van der Waals surface area contributed by atoms with Crippen molar-refractivity contribution in [2.45, 2.75) is 25.3 Å². The van der Waals surface area contributed by atoms with Crippen molar-refractivity contribution in [3.8, 4) is 0 Å². The lowest BCUT2D eigenvalue weighted by atomic mass is 9.86. The summed E-state index contributed by atoms with van der Waals surface area (Å²) in [5.74, 6) is -1.74. The predicted octanol–water partition coefficient (Wildman–Crippen LogP) is 2.56. The first-order valence-electron chi connectivity index (χ1n) is 7.43. The van der Waals surface area contributed by atoms with Crippen LogP contribution in [0.4, 0.5) is 8.78 Å². The van der Waals surface area contributed by atoms with Gasteiger partial charge < -0.3 is 15.1 Å². The third kappa shape index (κ3) is 3.73. The van der Waals surface area contributed by atoms with E-state index in [1.807, 2.05) is 0 Å². The normalized spacial score (nSPS) is 20.3. The minimum absolute atomic E-state index is 0. The average molecular weight is 358 g/mol. The van der Waals surface area contributed by atoms with Gasteiger partial charge in [0.15, 0.2) is 23.7 Å². The lowest BCUT2D eigenvalue weighted by molar-refractivity contribution is 0.0918. The van der Waals surface area contributed by atoms with Gasteiger partial charge in [0.2, 0.25) is 0 Å². The van der Waals surface area contributed by atoms with Gasteiger partial charge >= 0.3 is 0 Å². The van der Waals surface area contributed by atoms with Crippen molar-refractivity contribution in [3.63, 3.8) is 0 Å². The number of hydrogen-bond donors (Lipinski definition) is 2. The van der Waals surface area contributed by atoms with E-state index in [2.05, 4.69) is 15.6 Å². The molecule has 1 aliphatic rings. The third-order valence-electron chi connectivity index (χ3n) is 4.13. The molecular weight excluding hydrogens is 340 g/mol. The van der Waals surface area contributed by atoms with Crippen molar-refractivity contribution in [2.75, 3.05) is 13.1 Å². The molecule has 2 unspecified atom stereocenters. The molecule has 0 saturated carbocycles. The Labute approximate surface area is 144 Å². The first-order valence-corrected chi connectivity index (χ1v) is 7.43. The molecule has 3 rings (SSSR count). The summed E-state index contributed by atoms with van der Waals surface area (Å²) >= 11 is 0. The second kappa shape index (κ2) is 7.72. The summed E-state index contributed by atoms with van der Waals surface area (Å²) in [6.45, 7) is 2.96. The van der Waals surface area contributed by atoms with E-state index in [0.717, 1.165) is 12.6 Å². The Morgan fingerprint density at radius 1 is 1.38 bits per heavy atom. The Morgan fingerprint density at radius 3 is 2.83 bits per heavy atom. The minimum atomic E-state index is -0.876. The molecule has 1 aromatic carbocycles. The van der Waals surface area contributed by atoms with Crippen molar-refractivity contribution in [2.24, 2.45) is 0 Å². The Balaban J connectivity index is 0.00000208. The topological polar surface area (TPSA) is 67.2 Å². The number of nitrogens with one attached hydrogen (secondary N) is 2. The van der Waals surface area contributed by atoms with Gasteiger partial charge in [-0.3, -0.25) is 4.79 Å². The molecule has 8 heteroatoms. The summed E-state index contributed by atoms with van der Waals surface area (Å²) in [6, 6.07) is 3.64. The lowest BCUT2D eigenvalue weighted by Crippen LogP contribution is -2.50. The molecule has 24 heavy (non-hydrogen) atoms. The van der Waals surface area contributed by atoms with Crippen LogP contribution in [0.5, 0.6) is 0 Å².